The molecule has 2 N–H and O–H groups in total. The third kappa shape index (κ3) is 3.08. The minimum atomic E-state index is 0.600. The molecule has 1 aromatic rings. The Kier molecular flexibility index (Phi) is 4.57. The van der Waals surface area contributed by atoms with Crippen LogP contribution < -0.4 is 5.73 Å². The molecule has 0 radical (unpaired) electrons. The van der Waals surface area contributed by atoms with Crippen LogP contribution in [0.4, 0.5) is 0 Å². The highest BCUT2D eigenvalue weighted by Crippen LogP contribution is 2.27. The van der Waals surface area contributed by atoms with Gasteiger partial charge in [0.25, 0.3) is 0 Å². The summed E-state index contributed by atoms with van der Waals surface area (Å²) >= 11 is 3.38. The van der Waals surface area contributed by atoms with Gasteiger partial charge in [0.15, 0.2) is 4.34 Å². The Morgan fingerprint density at radius 3 is 3.08 bits per heavy atom. The Labute approximate surface area is 80.8 Å². The average molecular weight is 203 g/mol. The fourth-order valence-electron chi connectivity index (χ4n) is 0.889. The van der Waals surface area contributed by atoms with Gasteiger partial charge in [-0.2, -0.15) is 0 Å². The standard InChI is InChI=1S/C7H13N3S2/c1-2-6(3-4-8)12-7-10-9-5-11-7/h5-6H,2-4,8H2,1H3. The van der Waals surface area contributed by atoms with Crippen LogP contribution >= 0.6 is 23.1 Å². The van der Waals surface area contributed by atoms with Gasteiger partial charge < -0.3 is 5.73 Å². The van der Waals surface area contributed by atoms with E-state index in [1.807, 2.05) is 0 Å². The second-order valence-electron chi connectivity index (χ2n) is 2.43. The normalized spacial score (nSPS) is 13.2. The third-order valence-electron chi connectivity index (χ3n) is 1.55. The first-order valence-electron chi connectivity index (χ1n) is 3.99. The largest absolute Gasteiger partial charge is 0.330 e. The minimum absolute atomic E-state index is 0.600. The van der Waals surface area contributed by atoms with Gasteiger partial charge in [0.2, 0.25) is 0 Å². The summed E-state index contributed by atoms with van der Waals surface area (Å²) in [6.45, 7) is 2.93. The van der Waals surface area contributed by atoms with E-state index in [9.17, 15) is 0 Å². The van der Waals surface area contributed by atoms with Crippen molar-refractivity contribution in [3.05, 3.63) is 5.51 Å². The highest BCUT2D eigenvalue weighted by atomic mass is 32.2. The number of nitrogens with zero attached hydrogens (tertiary/aromatic N) is 2. The first-order chi connectivity index (χ1) is 5.86. The van der Waals surface area contributed by atoms with Crippen molar-refractivity contribution < 1.29 is 0 Å². The van der Waals surface area contributed by atoms with Gasteiger partial charge in [-0.05, 0) is 19.4 Å². The van der Waals surface area contributed by atoms with Crippen LogP contribution in [0.1, 0.15) is 19.8 Å². The summed E-state index contributed by atoms with van der Waals surface area (Å²) in [4.78, 5) is 0. The number of thioether (sulfide) groups is 1. The Bertz CT molecular complexity index is 200. The number of aromatic nitrogens is 2. The highest BCUT2D eigenvalue weighted by molar-refractivity contribution is 8.01. The molecule has 0 aliphatic carbocycles. The van der Waals surface area contributed by atoms with Crippen LogP contribution in [0.5, 0.6) is 0 Å². The van der Waals surface area contributed by atoms with Gasteiger partial charge in [0.05, 0.1) is 0 Å². The monoisotopic (exact) mass is 203 g/mol. The van der Waals surface area contributed by atoms with E-state index in [1.54, 1.807) is 28.6 Å². The van der Waals surface area contributed by atoms with Crippen LogP contribution in [0, 0.1) is 0 Å². The predicted molar refractivity (Wildman–Crippen MR) is 53.5 cm³/mol. The molecule has 0 spiro atoms. The molecule has 0 amide bonds. The van der Waals surface area contributed by atoms with Crippen molar-refractivity contribution in [2.45, 2.75) is 29.4 Å². The number of hydrogen-bond donors (Lipinski definition) is 1. The number of hydrogen-bond acceptors (Lipinski definition) is 5. The van der Waals surface area contributed by atoms with Gasteiger partial charge in [-0.25, -0.2) is 0 Å². The first kappa shape index (κ1) is 9.95. The molecule has 1 atom stereocenters. The van der Waals surface area contributed by atoms with Crippen molar-refractivity contribution in [2.24, 2.45) is 5.73 Å². The van der Waals surface area contributed by atoms with Gasteiger partial charge >= 0.3 is 0 Å². The van der Waals surface area contributed by atoms with E-state index in [1.165, 1.54) is 0 Å². The van der Waals surface area contributed by atoms with E-state index >= 15 is 0 Å². The lowest BCUT2D eigenvalue weighted by atomic mass is 10.2. The summed E-state index contributed by atoms with van der Waals surface area (Å²) in [6.07, 6.45) is 2.20. The Morgan fingerprint density at radius 2 is 2.58 bits per heavy atom. The van der Waals surface area contributed by atoms with Gasteiger partial charge in [0, 0.05) is 5.25 Å². The summed E-state index contributed by atoms with van der Waals surface area (Å²) in [7, 11) is 0. The molecule has 1 unspecified atom stereocenters. The summed E-state index contributed by atoms with van der Waals surface area (Å²) < 4.78 is 1.05. The van der Waals surface area contributed by atoms with Gasteiger partial charge in [-0.1, -0.05) is 30.0 Å². The van der Waals surface area contributed by atoms with Crippen LogP contribution in [0.15, 0.2) is 9.85 Å². The van der Waals surface area contributed by atoms with Crippen molar-refractivity contribution in [3.8, 4) is 0 Å². The van der Waals surface area contributed by atoms with Crippen molar-refractivity contribution in [3.63, 3.8) is 0 Å². The third-order valence-corrected chi connectivity index (χ3v) is 3.80. The summed E-state index contributed by atoms with van der Waals surface area (Å²) in [5.74, 6) is 0. The smallest absolute Gasteiger partial charge is 0.174 e. The van der Waals surface area contributed by atoms with Gasteiger partial charge in [0.1, 0.15) is 5.51 Å². The van der Waals surface area contributed by atoms with Crippen LogP contribution in [0.25, 0.3) is 0 Å². The Morgan fingerprint density at radius 1 is 1.75 bits per heavy atom. The van der Waals surface area contributed by atoms with Gasteiger partial charge in [-0.15, -0.1) is 10.2 Å². The van der Waals surface area contributed by atoms with Crippen molar-refractivity contribution in [1.29, 1.82) is 0 Å². The lowest BCUT2D eigenvalue weighted by Gasteiger charge is -2.09. The van der Waals surface area contributed by atoms with E-state index in [-0.39, 0.29) is 0 Å². The van der Waals surface area contributed by atoms with Crippen molar-refractivity contribution >= 4 is 23.1 Å². The maximum Gasteiger partial charge on any atom is 0.174 e. The molecule has 12 heavy (non-hydrogen) atoms. The summed E-state index contributed by atoms with van der Waals surface area (Å²) in [5, 5.41) is 8.36. The fraction of sp³-hybridized carbons (Fsp3) is 0.714. The predicted octanol–water partition coefficient (Wildman–Crippen LogP) is 1.76. The number of rotatable bonds is 5. The molecule has 0 aliphatic heterocycles. The van der Waals surface area contributed by atoms with Crippen LogP contribution in [-0.2, 0) is 0 Å². The zero-order chi connectivity index (χ0) is 8.81. The van der Waals surface area contributed by atoms with Crippen molar-refractivity contribution in [1.82, 2.24) is 10.2 Å². The molecule has 0 saturated heterocycles. The summed E-state index contributed by atoms with van der Waals surface area (Å²) in [6, 6.07) is 0. The SMILES string of the molecule is CCC(CCN)Sc1nncs1. The molecule has 5 heteroatoms. The van der Waals surface area contributed by atoms with Crippen LogP contribution in [-0.4, -0.2) is 22.0 Å². The molecule has 0 bridgehead atoms. The lowest BCUT2D eigenvalue weighted by molar-refractivity contribution is 0.744. The van der Waals surface area contributed by atoms with Crippen LogP contribution in [0.2, 0.25) is 0 Å². The van der Waals surface area contributed by atoms with Gasteiger partial charge in [-0.3, -0.25) is 0 Å². The van der Waals surface area contributed by atoms with Crippen molar-refractivity contribution in [2.75, 3.05) is 6.54 Å². The molecule has 1 heterocycles. The highest BCUT2D eigenvalue weighted by Gasteiger charge is 2.08. The maximum atomic E-state index is 5.49. The molecule has 3 nitrogen and oxygen atoms in total. The molecule has 0 fully saturated rings. The summed E-state index contributed by atoms with van der Waals surface area (Å²) in [5.41, 5.74) is 7.25. The van der Waals surface area contributed by atoms with E-state index < -0.39 is 0 Å². The fourth-order valence-corrected chi connectivity index (χ4v) is 2.73. The second kappa shape index (κ2) is 5.50. The Balaban J connectivity index is 2.37. The zero-order valence-corrected chi connectivity index (χ0v) is 8.70. The lowest BCUT2D eigenvalue weighted by Crippen LogP contribution is -2.09. The molecule has 1 rings (SSSR count). The number of nitrogens with two attached hydrogens (primary N) is 1. The molecule has 68 valence electrons. The van der Waals surface area contributed by atoms with E-state index in [4.69, 9.17) is 5.73 Å². The zero-order valence-electron chi connectivity index (χ0n) is 7.06. The van der Waals surface area contributed by atoms with E-state index in [2.05, 4.69) is 17.1 Å². The quantitative estimate of drug-likeness (QED) is 0.741. The van der Waals surface area contributed by atoms with E-state index in [0.717, 1.165) is 23.7 Å². The molecule has 1 aromatic heterocycles. The minimum Gasteiger partial charge on any atom is -0.330 e. The average Bonchev–Trinajstić information content (AvgIpc) is 2.56. The van der Waals surface area contributed by atoms with E-state index in [0.29, 0.717) is 5.25 Å². The molecule has 0 saturated carbocycles. The molecular weight excluding hydrogens is 190 g/mol. The molecule has 0 aliphatic rings. The topological polar surface area (TPSA) is 51.8 Å². The molecule has 0 aromatic carbocycles. The first-order valence-corrected chi connectivity index (χ1v) is 5.75. The maximum absolute atomic E-state index is 5.49. The molecular formula is C7H13N3S2. The second-order valence-corrected chi connectivity index (χ2v) is 4.81. The van der Waals surface area contributed by atoms with Crippen LogP contribution in [0.3, 0.4) is 0 Å². The Hall–Kier alpha value is -0.130.